The summed E-state index contributed by atoms with van der Waals surface area (Å²) < 4.78 is 24.6. The van der Waals surface area contributed by atoms with E-state index in [1.165, 1.54) is 0 Å². The van der Waals surface area contributed by atoms with Gasteiger partial charge in [-0.3, -0.25) is 4.68 Å². The van der Waals surface area contributed by atoms with Crippen LogP contribution in [0.15, 0.2) is 30.3 Å². The maximum atomic E-state index is 9.93. The third kappa shape index (κ3) is 4.27. The number of aromatic amines is 1. The van der Waals surface area contributed by atoms with Crippen LogP contribution in [-0.2, 0) is 27.3 Å². The number of H-pyrrole nitrogens is 1. The standard InChI is InChI=1S/C24H27ClN6O5/c1-12(33-2)9-31-17-6-4-3-5-13(17)16(30-31)8-26-22-14(25)7-15-23(28-22)29-24(27-15)36-19-11-35-20-18(32)10-34-21(19)20/h3-7,12,18-21,32H,8-11H2,1-2H3,(H2,26,27,28,29)/t12?,18-,19-,20-,21-/m1/s1. The van der Waals surface area contributed by atoms with Crippen LogP contribution in [0.2, 0.25) is 5.02 Å². The van der Waals surface area contributed by atoms with Gasteiger partial charge >= 0.3 is 0 Å². The molecule has 5 heterocycles. The van der Waals surface area contributed by atoms with E-state index in [9.17, 15) is 5.11 Å². The molecule has 0 spiro atoms. The fraction of sp³-hybridized carbons (Fsp3) is 0.458. The molecule has 0 amide bonds. The summed E-state index contributed by atoms with van der Waals surface area (Å²) in [4.78, 5) is 12.2. The van der Waals surface area contributed by atoms with Gasteiger partial charge in [-0.2, -0.15) is 10.1 Å². The number of rotatable bonds is 8. The molecular formula is C24H27ClN6O5. The Balaban J connectivity index is 1.20. The number of imidazole rings is 1. The molecule has 11 nitrogen and oxygen atoms in total. The fourth-order valence-electron chi connectivity index (χ4n) is 4.72. The van der Waals surface area contributed by atoms with Gasteiger partial charge in [0.15, 0.2) is 11.8 Å². The molecule has 0 radical (unpaired) electrons. The second-order valence-corrected chi connectivity index (χ2v) is 9.50. The predicted molar refractivity (Wildman–Crippen MR) is 132 cm³/mol. The van der Waals surface area contributed by atoms with Crippen LogP contribution in [0.25, 0.3) is 22.1 Å². The Labute approximate surface area is 211 Å². The lowest BCUT2D eigenvalue weighted by Crippen LogP contribution is -2.34. The quantitative estimate of drug-likeness (QED) is 0.325. The zero-order valence-corrected chi connectivity index (χ0v) is 20.6. The topological polar surface area (TPSA) is 129 Å². The van der Waals surface area contributed by atoms with E-state index in [0.29, 0.717) is 47.7 Å². The van der Waals surface area contributed by atoms with E-state index in [0.717, 1.165) is 16.6 Å². The normalized spacial score (nSPS) is 24.4. The number of aliphatic hydroxyl groups excluding tert-OH is 1. The second-order valence-electron chi connectivity index (χ2n) is 9.10. The summed E-state index contributed by atoms with van der Waals surface area (Å²) in [5, 5.41) is 19.5. The molecule has 1 aromatic carbocycles. The van der Waals surface area contributed by atoms with Gasteiger partial charge in [0.05, 0.1) is 54.2 Å². The van der Waals surface area contributed by atoms with Crippen LogP contribution >= 0.6 is 11.6 Å². The van der Waals surface area contributed by atoms with Gasteiger partial charge in [0.1, 0.15) is 24.1 Å². The third-order valence-corrected chi connectivity index (χ3v) is 6.93. The van der Waals surface area contributed by atoms with Gasteiger partial charge in [0.2, 0.25) is 0 Å². The number of aliphatic hydroxyl groups is 1. The minimum Gasteiger partial charge on any atom is -0.456 e. The molecule has 0 bridgehead atoms. The van der Waals surface area contributed by atoms with Gasteiger partial charge < -0.3 is 34.4 Å². The summed E-state index contributed by atoms with van der Waals surface area (Å²) in [6, 6.07) is 10.1. The van der Waals surface area contributed by atoms with E-state index in [2.05, 4.69) is 20.3 Å². The average molecular weight is 515 g/mol. The number of fused-ring (bicyclic) bond motifs is 3. The monoisotopic (exact) mass is 514 g/mol. The summed E-state index contributed by atoms with van der Waals surface area (Å²) in [6.07, 6.45) is -1.68. The number of nitrogens with zero attached hydrogens (tertiary/aromatic N) is 4. The van der Waals surface area contributed by atoms with E-state index in [1.807, 2.05) is 35.9 Å². The van der Waals surface area contributed by atoms with E-state index >= 15 is 0 Å². The molecule has 12 heteroatoms. The van der Waals surface area contributed by atoms with Crippen molar-refractivity contribution < 1.29 is 24.1 Å². The van der Waals surface area contributed by atoms with E-state index in [1.54, 1.807) is 13.2 Å². The highest BCUT2D eigenvalue weighted by atomic mass is 35.5. The van der Waals surface area contributed by atoms with Crippen molar-refractivity contribution in [1.29, 1.82) is 0 Å². The molecule has 1 unspecified atom stereocenters. The summed E-state index contributed by atoms with van der Waals surface area (Å²) >= 11 is 6.53. The van der Waals surface area contributed by atoms with Gasteiger partial charge in [0, 0.05) is 12.5 Å². The molecular weight excluding hydrogens is 488 g/mol. The summed E-state index contributed by atoms with van der Waals surface area (Å²) in [7, 11) is 1.69. The van der Waals surface area contributed by atoms with Crippen LogP contribution in [0.5, 0.6) is 6.01 Å². The maximum absolute atomic E-state index is 9.93. The molecule has 0 saturated carbocycles. The van der Waals surface area contributed by atoms with Crippen LogP contribution in [0.4, 0.5) is 5.82 Å². The van der Waals surface area contributed by atoms with Crippen molar-refractivity contribution >= 4 is 39.5 Å². The van der Waals surface area contributed by atoms with Gasteiger partial charge in [-0.25, -0.2) is 4.98 Å². The van der Waals surface area contributed by atoms with Crippen LogP contribution in [0.1, 0.15) is 12.6 Å². The Morgan fingerprint density at radius 2 is 2.08 bits per heavy atom. The van der Waals surface area contributed by atoms with Crippen molar-refractivity contribution in [3.8, 4) is 6.01 Å². The number of hydrogen-bond donors (Lipinski definition) is 3. The molecule has 2 saturated heterocycles. The first-order valence-corrected chi connectivity index (χ1v) is 12.2. The Morgan fingerprint density at radius 1 is 1.25 bits per heavy atom. The smallest absolute Gasteiger partial charge is 0.296 e. The van der Waals surface area contributed by atoms with Crippen molar-refractivity contribution in [2.75, 3.05) is 25.6 Å². The van der Waals surface area contributed by atoms with Crippen molar-refractivity contribution in [1.82, 2.24) is 24.7 Å². The molecule has 6 rings (SSSR count). The van der Waals surface area contributed by atoms with Crippen molar-refractivity contribution in [2.45, 2.75) is 50.5 Å². The van der Waals surface area contributed by atoms with Gasteiger partial charge in [0.25, 0.3) is 6.01 Å². The van der Waals surface area contributed by atoms with Crippen molar-refractivity contribution in [3.63, 3.8) is 0 Å². The minimum atomic E-state index is -0.639. The second kappa shape index (κ2) is 9.49. The first-order chi connectivity index (χ1) is 17.5. The molecule has 36 heavy (non-hydrogen) atoms. The molecule has 2 aliphatic rings. The number of anilines is 1. The Morgan fingerprint density at radius 3 is 2.94 bits per heavy atom. The number of para-hydroxylation sites is 1. The zero-order valence-electron chi connectivity index (χ0n) is 19.8. The van der Waals surface area contributed by atoms with Gasteiger partial charge in [-0.1, -0.05) is 29.8 Å². The van der Waals surface area contributed by atoms with E-state index < -0.39 is 6.10 Å². The first kappa shape index (κ1) is 23.4. The molecule has 0 aliphatic carbocycles. The highest BCUT2D eigenvalue weighted by Gasteiger charge is 2.48. The largest absolute Gasteiger partial charge is 0.456 e. The van der Waals surface area contributed by atoms with Crippen LogP contribution in [-0.4, -0.2) is 80.7 Å². The number of aromatic nitrogens is 5. The van der Waals surface area contributed by atoms with Gasteiger partial charge in [-0.15, -0.1) is 0 Å². The summed E-state index contributed by atoms with van der Waals surface area (Å²) in [6.45, 7) is 3.64. The fourth-order valence-corrected chi connectivity index (χ4v) is 4.93. The number of pyridine rings is 1. The lowest BCUT2D eigenvalue weighted by Gasteiger charge is -2.15. The van der Waals surface area contributed by atoms with E-state index in [4.69, 9.17) is 35.6 Å². The Hall–Kier alpha value is -2.96. The summed E-state index contributed by atoms with van der Waals surface area (Å²) in [5.74, 6) is 0.498. The number of hydrogen-bond acceptors (Lipinski definition) is 9. The van der Waals surface area contributed by atoms with Crippen molar-refractivity contribution in [3.05, 3.63) is 41.0 Å². The lowest BCUT2D eigenvalue weighted by atomic mass is 10.1. The zero-order chi connectivity index (χ0) is 24.8. The van der Waals surface area contributed by atoms with Crippen LogP contribution < -0.4 is 10.1 Å². The summed E-state index contributed by atoms with van der Waals surface area (Å²) in [5.41, 5.74) is 3.03. The minimum absolute atomic E-state index is 0.0377. The number of ether oxygens (including phenoxy) is 4. The third-order valence-electron chi connectivity index (χ3n) is 6.64. The number of methoxy groups -OCH3 is 1. The Bertz CT molecular complexity index is 1390. The average Bonchev–Trinajstić information content (AvgIpc) is 3.63. The maximum Gasteiger partial charge on any atom is 0.296 e. The van der Waals surface area contributed by atoms with Crippen LogP contribution in [0, 0.1) is 0 Å². The molecule has 4 aromatic rings. The molecule has 190 valence electrons. The number of benzene rings is 1. The highest BCUT2D eigenvalue weighted by Crippen LogP contribution is 2.31. The number of halogens is 1. The molecule has 5 atom stereocenters. The highest BCUT2D eigenvalue weighted by molar-refractivity contribution is 6.33. The molecule has 3 N–H and O–H groups in total. The lowest BCUT2D eigenvalue weighted by molar-refractivity contribution is 0.00706. The van der Waals surface area contributed by atoms with Crippen LogP contribution in [0.3, 0.4) is 0 Å². The van der Waals surface area contributed by atoms with Gasteiger partial charge in [-0.05, 0) is 19.1 Å². The van der Waals surface area contributed by atoms with Crippen molar-refractivity contribution in [2.24, 2.45) is 0 Å². The number of nitrogens with one attached hydrogen (secondary N) is 2. The Kier molecular flexibility index (Phi) is 6.18. The predicted octanol–water partition coefficient (Wildman–Crippen LogP) is 2.51. The molecule has 2 aliphatic heterocycles. The van der Waals surface area contributed by atoms with E-state index in [-0.39, 0.29) is 31.0 Å². The molecule has 2 fully saturated rings. The molecule has 3 aromatic heterocycles. The first-order valence-electron chi connectivity index (χ1n) is 11.9. The SMILES string of the molecule is COC(C)Cn1nc(CNc2nc3nc(O[C@@H]4CO[C@H]5[C@@H]4OC[C@H]5O)[nH]c3cc2Cl)c2ccccc21.